The first-order chi connectivity index (χ1) is 7.36. The van der Waals surface area contributed by atoms with E-state index in [2.05, 4.69) is 49.4 Å². The van der Waals surface area contributed by atoms with Crippen LogP contribution in [0.15, 0.2) is 53.6 Å². The molecule has 0 aromatic heterocycles. The average molecular weight is 194 g/mol. The van der Waals surface area contributed by atoms with Crippen molar-refractivity contribution in [3.8, 4) is 0 Å². The smallest absolute Gasteiger partial charge is 0.00109 e. The van der Waals surface area contributed by atoms with E-state index in [9.17, 15) is 0 Å². The third kappa shape index (κ3) is 1.29. The van der Waals surface area contributed by atoms with Gasteiger partial charge in [0.25, 0.3) is 0 Å². The molecule has 0 N–H and O–H groups in total. The lowest BCUT2D eigenvalue weighted by molar-refractivity contribution is 1.18. The summed E-state index contributed by atoms with van der Waals surface area (Å²) in [6.07, 6.45) is 9.05. The Hall–Kier alpha value is -1.56. The van der Waals surface area contributed by atoms with E-state index in [1.54, 1.807) is 0 Å². The molecule has 0 nitrogen and oxygen atoms in total. The molecule has 0 amide bonds. The summed E-state index contributed by atoms with van der Waals surface area (Å²) in [6, 6.07) is 8.74. The minimum absolute atomic E-state index is 1.07. The van der Waals surface area contributed by atoms with Crippen LogP contribution in [0.2, 0.25) is 0 Å². The molecular weight excluding hydrogens is 180 g/mol. The highest BCUT2D eigenvalue weighted by atomic mass is 14.2. The number of benzene rings is 1. The van der Waals surface area contributed by atoms with E-state index in [0.29, 0.717) is 0 Å². The molecule has 0 spiro atoms. The molecule has 0 unspecified atom stereocenters. The largest absolute Gasteiger partial charge is 0.0801 e. The van der Waals surface area contributed by atoms with Crippen molar-refractivity contribution in [2.75, 3.05) is 0 Å². The Kier molecular flexibility index (Phi) is 1.88. The van der Waals surface area contributed by atoms with E-state index < -0.39 is 0 Å². The van der Waals surface area contributed by atoms with E-state index >= 15 is 0 Å². The summed E-state index contributed by atoms with van der Waals surface area (Å²) in [5, 5.41) is 0. The van der Waals surface area contributed by atoms with Crippen LogP contribution in [0.3, 0.4) is 0 Å². The number of fused-ring (bicyclic) bond motifs is 2. The summed E-state index contributed by atoms with van der Waals surface area (Å²) in [6.45, 7) is 2.23. The van der Waals surface area contributed by atoms with Gasteiger partial charge in [-0.15, -0.1) is 0 Å². The van der Waals surface area contributed by atoms with Gasteiger partial charge in [-0.05, 0) is 42.0 Å². The normalized spacial score (nSPS) is 18.3. The summed E-state index contributed by atoms with van der Waals surface area (Å²) in [5.74, 6) is 0. The maximum absolute atomic E-state index is 2.32. The van der Waals surface area contributed by atoms with Crippen LogP contribution in [0.5, 0.6) is 0 Å². The van der Waals surface area contributed by atoms with Crippen LogP contribution >= 0.6 is 0 Å². The summed E-state index contributed by atoms with van der Waals surface area (Å²) < 4.78 is 0. The summed E-state index contributed by atoms with van der Waals surface area (Å²) in [5.41, 5.74) is 7.31. The lowest BCUT2D eigenvalue weighted by Crippen LogP contribution is -1.86. The van der Waals surface area contributed by atoms with Gasteiger partial charge >= 0.3 is 0 Å². The molecule has 0 bridgehead atoms. The lowest BCUT2D eigenvalue weighted by atomic mass is 10.0. The minimum Gasteiger partial charge on any atom is -0.0801 e. The zero-order chi connectivity index (χ0) is 10.3. The highest BCUT2D eigenvalue weighted by Gasteiger charge is 2.20. The fourth-order valence-corrected chi connectivity index (χ4v) is 2.48. The Morgan fingerprint density at radius 2 is 2.00 bits per heavy atom. The van der Waals surface area contributed by atoms with Crippen molar-refractivity contribution < 1.29 is 0 Å². The molecule has 1 aromatic rings. The first-order valence-electron chi connectivity index (χ1n) is 5.51. The van der Waals surface area contributed by atoms with Gasteiger partial charge < -0.3 is 0 Å². The van der Waals surface area contributed by atoms with Gasteiger partial charge in [0.15, 0.2) is 0 Å². The molecular formula is C15H14. The van der Waals surface area contributed by atoms with Crippen molar-refractivity contribution >= 4 is 5.57 Å². The Bertz CT molecular complexity index is 499. The zero-order valence-electron chi connectivity index (χ0n) is 8.96. The van der Waals surface area contributed by atoms with Gasteiger partial charge in [-0.1, -0.05) is 48.1 Å². The molecule has 0 heteroatoms. The van der Waals surface area contributed by atoms with Crippen molar-refractivity contribution in [3.05, 3.63) is 64.8 Å². The molecule has 0 heterocycles. The molecule has 2 aliphatic carbocycles. The third-order valence-electron chi connectivity index (χ3n) is 3.32. The van der Waals surface area contributed by atoms with Crippen LogP contribution in [0.4, 0.5) is 0 Å². The van der Waals surface area contributed by atoms with Crippen LogP contribution in [0.1, 0.15) is 24.5 Å². The Labute approximate surface area is 90.6 Å². The van der Waals surface area contributed by atoms with Gasteiger partial charge in [-0.2, -0.15) is 0 Å². The highest BCUT2D eigenvalue weighted by molar-refractivity contribution is 5.86. The van der Waals surface area contributed by atoms with Gasteiger partial charge in [0.1, 0.15) is 0 Å². The first-order valence-corrected chi connectivity index (χ1v) is 5.51. The molecule has 2 aliphatic rings. The predicted octanol–water partition coefficient (Wildman–Crippen LogP) is 3.90. The van der Waals surface area contributed by atoms with Gasteiger partial charge in [-0.25, -0.2) is 0 Å². The minimum atomic E-state index is 1.07. The fourth-order valence-electron chi connectivity index (χ4n) is 2.48. The summed E-state index contributed by atoms with van der Waals surface area (Å²) in [7, 11) is 0. The lowest BCUT2D eigenvalue weighted by Gasteiger charge is -2.02. The maximum atomic E-state index is 2.32. The molecule has 0 atom stereocenters. The van der Waals surface area contributed by atoms with Gasteiger partial charge in [0.2, 0.25) is 0 Å². The van der Waals surface area contributed by atoms with E-state index in [1.165, 1.54) is 27.8 Å². The second-order valence-electron chi connectivity index (χ2n) is 4.25. The van der Waals surface area contributed by atoms with Crippen molar-refractivity contribution in [3.63, 3.8) is 0 Å². The molecule has 1 aromatic carbocycles. The quantitative estimate of drug-likeness (QED) is 0.587. The summed E-state index contributed by atoms with van der Waals surface area (Å²) >= 11 is 0. The van der Waals surface area contributed by atoms with E-state index in [0.717, 1.165) is 12.8 Å². The van der Waals surface area contributed by atoms with Crippen LogP contribution in [-0.4, -0.2) is 0 Å². The molecule has 0 saturated carbocycles. The average Bonchev–Trinajstić information content (AvgIpc) is 2.54. The predicted molar refractivity (Wildman–Crippen MR) is 64.6 cm³/mol. The van der Waals surface area contributed by atoms with Gasteiger partial charge in [0, 0.05) is 0 Å². The highest BCUT2D eigenvalue weighted by Crippen LogP contribution is 2.38. The second-order valence-corrected chi connectivity index (χ2v) is 4.25. The Morgan fingerprint density at radius 1 is 1.13 bits per heavy atom. The van der Waals surface area contributed by atoms with Crippen molar-refractivity contribution in [2.24, 2.45) is 0 Å². The zero-order valence-corrected chi connectivity index (χ0v) is 8.96. The van der Waals surface area contributed by atoms with Crippen molar-refractivity contribution in [1.82, 2.24) is 0 Å². The SMILES string of the molecule is CC1=CCC=CC2=C1Cc1ccccc12. The number of allylic oxidation sites excluding steroid dienone is 6. The van der Waals surface area contributed by atoms with E-state index in [1.807, 2.05) is 0 Å². The standard InChI is InChI=1S/C15H14/c1-11-6-2-4-9-14-13-8-5-3-7-12(13)10-15(11)14/h3-9H,2,10H2,1H3. The Morgan fingerprint density at radius 3 is 2.93 bits per heavy atom. The second kappa shape index (κ2) is 3.23. The molecule has 74 valence electrons. The van der Waals surface area contributed by atoms with Gasteiger partial charge in [-0.3, -0.25) is 0 Å². The number of hydrogen-bond acceptors (Lipinski definition) is 0. The van der Waals surface area contributed by atoms with E-state index in [4.69, 9.17) is 0 Å². The first kappa shape index (κ1) is 8.72. The molecule has 0 aliphatic heterocycles. The fraction of sp³-hybridized carbons (Fsp3) is 0.200. The monoisotopic (exact) mass is 194 g/mol. The topological polar surface area (TPSA) is 0 Å². The number of hydrogen-bond donors (Lipinski definition) is 0. The molecule has 3 rings (SSSR count). The third-order valence-corrected chi connectivity index (χ3v) is 3.32. The van der Waals surface area contributed by atoms with Crippen LogP contribution in [0.25, 0.3) is 5.57 Å². The summed E-state index contributed by atoms with van der Waals surface area (Å²) in [4.78, 5) is 0. The molecule has 0 fully saturated rings. The molecule has 15 heavy (non-hydrogen) atoms. The van der Waals surface area contributed by atoms with E-state index in [-0.39, 0.29) is 0 Å². The van der Waals surface area contributed by atoms with Crippen LogP contribution in [-0.2, 0) is 6.42 Å². The van der Waals surface area contributed by atoms with Crippen LogP contribution < -0.4 is 0 Å². The van der Waals surface area contributed by atoms with Crippen molar-refractivity contribution in [2.45, 2.75) is 19.8 Å². The van der Waals surface area contributed by atoms with Crippen LogP contribution in [0, 0.1) is 0 Å². The molecule has 0 radical (unpaired) electrons. The van der Waals surface area contributed by atoms with Crippen molar-refractivity contribution in [1.29, 1.82) is 0 Å². The maximum Gasteiger partial charge on any atom is -0.00109 e. The molecule has 0 saturated heterocycles. The van der Waals surface area contributed by atoms with Gasteiger partial charge in [0.05, 0.1) is 0 Å². The Balaban J connectivity index is 2.21. The number of rotatable bonds is 0.